The van der Waals surface area contributed by atoms with Crippen molar-refractivity contribution in [2.24, 2.45) is 0 Å². The van der Waals surface area contributed by atoms with Crippen molar-refractivity contribution >= 4 is 5.91 Å². The van der Waals surface area contributed by atoms with Crippen LogP contribution in [-0.2, 0) is 19.0 Å². The molecule has 1 amide bonds. The SMILES string of the molecule is CCCCCCCCCCCCCCCCCCCCCCCCCC(=O)N[C@@H](CO[C@@H]1OC(COCCC)[C@H](O)[C@H](O)C1O)[C@H](O)[C@H](O)CCCCCCCCCCCCCC. The first-order chi connectivity index (χ1) is 30.8. The van der Waals surface area contributed by atoms with Gasteiger partial charge in [-0.15, -0.1) is 0 Å². The Morgan fingerprint density at radius 2 is 0.889 bits per heavy atom. The maximum absolute atomic E-state index is 13.1. The molecular formula is C53H105NO9. The number of aliphatic hydroxyl groups is 5. The van der Waals surface area contributed by atoms with E-state index in [1.165, 1.54) is 186 Å². The molecule has 10 nitrogen and oxygen atoms in total. The second-order valence-electron chi connectivity index (χ2n) is 19.4. The molecule has 0 aromatic heterocycles. The van der Waals surface area contributed by atoms with E-state index in [2.05, 4.69) is 19.2 Å². The van der Waals surface area contributed by atoms with Gasteiger partial charge in [0.05, 0.1) is 25.4 Å². The standard InChI is InChI=1S/C53H105NO9/c1-4-7-9-11-13-15-17-19-20-21-22-23-24-25-26-27-28-29-31-33-35-37-39-41-48(56)54-45(43-62-53-52(60)51(59)50(58)47(63-53)44-61-42-6-3)49(57)46(55)40-38-36-34-32-30-18-16-14-12-10-8-5-2/h45-47,49-53,55,57-60H,4-44H2,1-3H3,(H,54,56)/t45-,46+,47?,49-,50-,51-,52?,53+/m0/s1. The van der Waals surface area contributed by atoms with Gasteiger partial charge in [-0.25, -0.2) is 0 Å². The average molecular weight is 900 g/mol. The molecule has 1 rings (SSSR count). The van der Waals surface area contributed by atoms with Gasteiger partial charge >= 0.3 is 0 Å². The zero-order valence-corrected chi connectivity index (χ0v) is 41.5. The molecular weight excluding hydrogens is 795 g/mol. The van der Waals surface area contributed by atoms with Crippen LogP contribution in [0.3, 0.4) is 0 Å². The largest absolute Gasteiger partial charge is 0.390 e. The fraction of sp³-hybridized carbons (Fsp3) is 0.981. The zero-order valence-electron chi connectivity index (χ0n) is 41.5. The Hall–Kier alpha value is -0.850. The minimum absolute atomic E-state index is 0.0127. The average Bonchev–Trinajstić information content (AvgIpc) is 3.28. The molecule has 0 aliphatic carbocycles. The van der Waals surface area contributed by atoms with Crippen LogP contribution in [0.15, 0.2) is 0 Å². The summed E-state index contributed by atoms with van der Waals surface area (Å²) in [4.78, 5) is 13.1. The molecule has 0 saturated carbocycles. The minimum Gasteiger partial charge on any atom is -0.390 e. The van der Waals surface area contributed by atoms with Crippen molar-refractivity contribution in [2.45, 2.75) is 314 Å². The van der Waals surface area contributed by atoms with Crippen LogP contribution in [0.25, 0.3) is 0 Å². The van der Waals surface area contributed by atoms with E-state index in [0.29, 0.717) is 19.4 Å². The van der Waals surface area contributed by atoms with Gasteiger partial charge in [0.1, 0.15) is 30.5 Å². The van der Waals surface area contributed by atoms with Crippen LogP contribution in [0, 0.1) is 0 Å². The van der Waals surface area contributed by atoms with Crippen molar-refractivity contribution in [3.8, 4) is 0 Å². The van der Waals surface area contributed by atoms with E-state index >= 15 is 0 Å². The molecule has 1 fully saturated rings. The lowest BCUT2D eigenvalue weighted by atomic mass is 9.98. The van der Waals surface area contributed by atoms with Crippen LogP contribution in [0.5, 0.6) is 0 Å². The van der Waals surface area contributed by atoms with Gasteiger partial charge in [0.25, 0.3) is 0 Å². The van der Waals surface area contributed by atoms with Crippen LogP contribution in [0.4, 0.5) is 0 Å². The zero-order chi connectivity index (χ0) is 46.0. The number of carbonyl (C=O) groups excluding carboxylic acids is 1. The van der Waals surface area contributed by atoms with E-state index in [1.54, 1.807) is 0 Å². The molecule has 0 spiro atoms. The Labute approximate surface area is 388 Å². The monoisotopic (exact) mass is 900 g/mol. The van der Waals surface area contributed by atoms with Gasteiger partial charge in [-0.1, -0.05) is 239 Å². The summed E-state index contributed by atoms with van der Waals surface area (Å²) in [7, 11) is 0. The van der Waals surface area contributed by atoms with Crippen molar-refractivity contribution in [2.75, 3.05) is 19.8 Å². The number of aliphatic hydroxyl groups excluding tert-OH is 5. The normalized spacial score (nSPS) is 20.5. The van der Waals surface area contributed by atoms with Crippen LogP contribution >= 0.6 is 0 Å². The van der Waals surface area contributed by atoms with Gasteiger partial charge in [0.2, 0.25) is 5.91 Å². The van der Waals surface area contributed by atoms with Crippen molar-refractivity contribution in [1.82, 2.24) is 5.32 Å². The van der Waals surface area contributed by atoms with Crippen molar-refractivity contribution < 1.29 is 44.5 Å². The topological polar surface area (TPSA) is 158 Å². The summed E-state index contributed by atoms with van der Waals surface area (Å²) in [5.74, 6) is -0.227. The van der Waals surface area contributed by atoms with E-state index in [9.17, 15) is 30.3 Å². The quantitative estimate of drug-likeness (QED) is 0.0327. The van der Waals surface area contributed by atoms with Crippen molar-refractivity contribution in [1.29, 1.82) is 0 Å². The molecule has 1 saturated heterocycles. The van der Waals surface area contributed by atoms with Gasteiger partial charge in [-0.3, -0.25) is 4.79 Å². The van der Waals surface area contributed by atoms with E-state index < -0.39 is 49.0 Å². The highest BCUT2D eigenvalue weighted by atomic mass is 16.7. The summed E-state index contributed by atoms with van der Waals surface area (Å²) in [5, 5.41) is 56.8. The lowest BCUT2D eigenvalue weighted by Crippen LogP contribution is -2.60. The molecule has 0 bridgehead atoms. The van der Waals surface area contributed by atoms with E-state index in [-0.39, 0.29) is 19.1 Å². The fourth-order valence-corrected chi connectivity index (χ4v) is 8.94. The summed E-state index contributed by atoms with van der Waals surface area (Å²) in [6, 6.07) is -0.955. The molecule has 63 heavy (non-hydrogen) atoms. The Balaban J connectivity index is 2.35. The van der Waals surface area contributed by atoms with Crippen LogP contribution < -0.4 is 5.32 Å². The first-order valence-electron chi connectivity index (χ1n) is 27.3. The van der Waals surface area contributed by atoms with Crippen molar-refractivity contribution in [3.05, 3.63) is 0 Å². The molecule has 0 aromatic carbocycles. The second-order valence-corrected chi connectivity index (χ2v) is 19.4. The maximum Gasteiger partial charge on any atom is 0.220 e. The van der Waals surface area contributed by atoms with Gasteiger partial charge in [0, 0.05) is 13.0 Å². The molecule has 8 atom stereocenters. The molecule has 0 radical (unpaired) electrons. The highest BCUT2D eigenvalue weighted by Gasteiger charge is 2.45. The third kappa shape index (κ3) is 33.3. The number of carbonyl (C=O) groups is 1. The molecule has 0 aromatic rings. The molecule has 1 aliphatic heterocycles. The Morgan fingerprint density at radius 1 is 0.508 bits per heavy atom. The summed E-state index contributed by atoms with van der Waals surface area (Å²) in [5.41, 5.74) is 0. The molecule has 1 heterocycles. The number of unbranched alkanes of at least 4 members (excludes halogenated alkanes) is 33. The van der Waals surface area contributed by atoms with E-state index in [4.69, 9.17) is 14.2 Å². The number of amides is 1. The van der Waals surface area contributed by atoms with Gasteiger partial charge in [0.15, 0.2) is 6.29 Å². The van der Waals surface area contributed by atoms with Crippen LogP contribution in [-0.4, -0.2) is 100 Å². The first kappa shape index (κ1) is 60.2. The number of rotatable bonds is 47. The molecule has 376 valence electrons. The van der Waals surface area contributed by atoms with Gasteiger partial charge in [-0.05, 0) is 19.3 Å². The van der Waals surface area contributed by atoms with Gasteiger partial charge in [-0.2, -0.15) is 0 Å². The molecule has 2 unspecified atom stereocenters. The minimum atomic E-state index is -1.55. The van der Waals surface area contributed by atoms with Gasteiger partial charge < -0.3 is 45.1 Å². The van der Waals surface area contributed by atoms with Crippen LogP contribution in [0.1, 0.15) is 265 Å². The smallest absolute Gasteiger partial charge is 0.220 e. The first-order valence-corrected chi connectivity index (χ1v) is 27.3. The Kier molecular flexibility index (Phi) is 41.7. The maximum atomic E-state index is 13.1. The number of nitrogens with one attached hydrogen (secondary N) is 1. The molecule has 6 N–H and O–H groups in total. The van der Waals surface area contributed by atoms with Crippen LogP contribution in [0.2, 0.25) is 0 Å². The summed E-state index contributed by atoms with van der Waals surface area (Å²) in [6.07, 6.45) is 37.1. The van der Waals surface area contributed by atoms with Crippen molar-refractivity contribution in [3.63, 3.8) is 0 Å². The lowest BCUT2D eigenvalue weighted by Gasteiger charge is -2.40. The second kappa shape index (κ2) is 43.7. The van der Waals surface area contributed by atoms with E-state index in [0.717, 1.165) is 44.9 Å². The molecule has 10 heteroatoms. The third-order valence-electron chi connectivity index (χ3n) is 13.3. The van der Waals surface area contributed by atoms with E-state index in [1.807, 2.05) is 6.92 Å². The lowest BCUT2D eigenvalue weighted by molar-refractivity contribution is -0.304. The fourth-order valence-electron chi connectivity index (χ4n) is 8.94. The number of hydrogen-bond donors (Lipinski definition) is 6. The molecule has 1 aliphatic rings. The Morgan fingerprint density at radius 3 is 1.29 bits per heavy atom. The highest BCUT2D eigenvalue weighted by Crippen LogP contribution is 2.24. The number of hydrogen-bond acceptors (Lipinski definition) is 9. The summed E-state index contributed by atoms with van der Waals surface area (Å²) >= 11 is 0. The Bertz CT molecular complexity index is 975. The highest BCUT2D eigenvalue weighted by molar-refractivity contribution is 5.76. The predicted octanol–water partition coefficient (Wildman–Crippen LogP) is 11.9. The summed E-state index contributed by atoms with van der Waals surface area (Å²) < 4.78 is 17.2. The predicted molar refractivity (Wildman–Crippen MR) is 260 cm³/mol. The third-order valence-corrected chi connectivity index (χ3v) is 13.3. The number of ether oxygens (including phenoxy) is 3. The summed E-state index contributed by atoms with van der Waals surface area (Å²) in [6.45, 7) is 6.70.